The molecule has 0 fully saturated rings. The van der Waals surface area contributed by atoms with Gasteiger partial charge in [0, 0.05) is 42.4 Å². The SMILES string of the molecule is CC.CCCCOc1ccccc1C1C(C(=O)CCC)=C(CCC)N=C(N)/C1=C\N.CO. The number of benzene rings is 1. The first-order valence-corrected chi connectivity index (χ1v) is 11.8. The summed E-state index contributed by atoms with van der Waals surface area (Å²) >= 11 is 0. The van der Waals surface area contributed by atoms with Crippen molar-refractivity contribution in [3.63, 3.8) is 0 Å². The molecular formula is C26H43N3O3. The number of hydrogen-bond donors (Lipinski definition) is 3. The number of carbonyl (C=O) groups excluding carboxylic acids is 1. The van der Waals surface area contributed by atoms with Crippen LogP contribution >= 0.6 is 0 Å². The Balaban J connectivity index is 0.00000227. The lowest BCUT2D eigenvalue weighted by Crippen LogP contribution is -2.30. The van der Waals surface area contributed by atoms with E-state index >= 15 is 0 Å². The number of hydrogen-bond acceptors (Lipinski definition) is 6. The van der Waals surface area contributed by atoms with Crippen molar-refractivity contribution in [1.82, 2.24) is 0 Å². The lowest BCUT2D eigenvalue weighted by atomic mass is 9.78. The van der Waals surface area contributed by atoms with Crippen molar-refractivity contribution >= 4 is 11.6 Å². The van der Waals surface area contributed by atoms with Crippen molar-refractivity contribution in [2.45, 2.75) is 79.1 Å². The standard InChI is InChI=1S/C23H33N3O2.C2H6.CH4O/c1-4-7-14-28-20-13-9-8-12-16(20)21-17(15-24)23(25)26-18(10-5-2)22(21)19(27)11-6-3;2*1-2/h8-9,12-13,15,21H,4-7,10-11,14,24H2,1-3H3,(H2,25,26);1-2H3;2H,1H3/b17-15-;;. The molecule has 1 unspecified atom stereocenters. The van der Waals surface area contributed by atoms with Crippen LogP contribution in [0.15, 0.2) is 52.3 Å². The molecule has 0 aliphatic carbocycles. The van der Waals surface area contributed by atoms with E-state index in [1.54, 1.807) is 0 Å². The van der Waals surface area contributed by atoms with Gasteiger partial charge >= 0.3 is 0 Å². The zero-order valence-electron chi connectivity index (χ0n) is 20.8. The first-order chi connectivity index (χ1) is 15.6. The van der Waals surface area contributed by atoms with Gasteiger partial charge in [-0.2, -0.15) is 0 Å². The Morgan fingerprint density at radius 1 is 1.12 bits per heavy atom. The third-order valence-corrected chi connectivity index (χ3v) is 4.89. The van der Waals surface area contributed by atoms with E-state index in [9.17, 15) is 4.79 Å². The number of nitrogens with zero attached hydrogens (tertiary/aromatic N) is 1. The van der Waals surface area contributed by atoms with Gasteiger partial charge in [0.2, 0.25) is 0 Å². The Kier molecular flexibility index (Phi) is 15.6. The Morgan fingerprint density at radius 3 is 2.34 bits per heavy atom. The van der Waals surface area contributed by atoms with Crippen molar-refractivity contribution in [2.75, 3.05) is 13.7 Å². The van der Waals surface area contributed by atoms with Crippen LogP contribution in [0.4, 0.5) is 0 Å². The number of allylic oxidation sites excluding steroid dienone is 2. The van der Waals surface area contributed by atoms with Gasteiger partial charge in [0.15, 0.2) is 5.78 Å². The second kappa shape index (κ2) is 17.0. The van der Waals surface area contributed by atoms with Crippen LogP contribution in [0.2, 0.25) is 0 Å². The number of nitrogens with two attached hydrogens (primary N) is 2. The van der Waals surface area contributed by atoms with Crippen LogP contribution in [0, 0.1) is 0 Å². The topological polar surface area (TPSA) is 111 Å². The maximum atomic E-state index is 13.1. The van der Waals surface area contributed by atoms with Crippen molar-refractivity contribution in [2.24, 2.45) is 16.5 Å². The molecule has 0 bridgehead atoms. The molecule has 1 aromatic carbocycles. The summed E-state index contributed by atoms with van der Waals surface area (Å²) in [5, 5.41) is 7.00. The number of aliphatic hydroxyl groups excluding tert-OH is 1. The highest BCUT2D eigenvalue weighted by Gasteiger charge is 2.35. The number of aliphatic imine (C=N–C) groups is 1. The average molecular weight is 446 g/mol. The van der Waals surface area contributed by atoms with Crippen molar-refractivity contribution in [1.29, 1.82) is 0 Å². The maximum Gasteiger partial charge on any atom is 0.161 e. The van der Waals surface area contributed by atoms with Gasteiger partial charge in [-0.05, 0) is 25.3 Å². The summed E-state index contributed by atoms with van der Waals surface area (Å²) in [7, 11) is 1.00. The van der Waals surface area contributed by atoms with Gasteiger partial charge in [0.1, 0.15) is 11.6 Å². The lowest BCUT2D eigenvalue weighted by Gasteiger charge is -2.29. The maximum absolute atomic E-state index is 13.1. The number of rotatable bonds is 10. The lowest BCUT2D eigenvalue weighted by molar-refractivity contribution is -0.115. The zero-order valence-corrected chi connectivity index (χ0v) is 20.8. The number of para-hydroxylation sites is 1. The van der Waals surface area contributed by atoms with Crippen LogP contribution in [-0.4, -0.2) is 30.4 Å². The molecule has 6 nitrogen and oxygen atoms in total. The molecule has 1 aliphatic heterocycles. The normalized spacial score (nSPS) is 16.4. The van der Waals surface area contributed by atoms with Crippen LogP contribution in [-0.2, 0) is 4.79 Å². The van der Waals surface area contributed by atoms with Crippen LogP contribution in [0.3, 0.4) is 0 Å². The molecule has 1 heterocycles. The monoisotopic (exact) mass is 445 g/mol. The van der Waals surface area contributed by atoms with Crippen molar-refractivity contribution in [3.05, 3.63) is 52.9 Å². The molecule has 0 radical (unpaired) electrons. The van der Waals surface area contributed by atoms with Crippen LogP contribution in [0.25, 0.3) is 0 Å². The molecule has 6 heteroatoms. The fourth-order valence-electron chi connectivity index (χ4n) is 3.53. The first-order valence-electron chi connectivity index (χ1n) is 11.8. The Hall–Kier alpha value is -2.60. The van der Waals surface area contributed by atoms with Gasteiger partial charge in [0.05, 0.1) is 12.3 Å². The highest BCUT2D eigenvalue weighted by molar-refractivity contribution is 6.07. The van der Waals surface area contributed by atoms with Gasteiger partial charge in [-0.1, -0.05) is 65.7 Å². The van der Waals surface area contributed by atoms with Gasteiger partial charge in [-0.25, -0.2) is 4.99 Å². The molecule has 0 saturated heterocycles. The molecule has 5 N–H and O–H groups in total. The fraction of sp³-hybridized carbons (Fsp3) is 0.538. The van der Waals surface area contributed by atoms with Gasteiger partial charge in [0.25, 0.3) is 0 Å². The minimum absolute atomic E-state index is 0.106. The summed E-state index contributed by atoms with van der Waals surface area (Å²) in [5.74, 6) is 0.913. The molecule has 180 valence electrons. The summed E-state index contributed by atoms with van der Waals surface area (Å²) in [6.45, 7) is 10.8. The summed E-state index contributed by atoms with van der Waals surface area (Å²) in [6, 6.07) is 7.85. The zero-order chi connectivity index (χ0) is 24.5. The highest BCUT2D eigenvalue weighted by atomic mass is 16.5. The molecule has 32 heavy (non-hydrogen) atoms. The van der Waals surface area contributed by atoms with E-state index in [0.717, 1.165) is 49.8 Å². The van der Waals surface area contributed by atoms with Crippen LogP contribution in [0.5, 0.6) is 5.75 Å². The van der Waals surface area contributed by atoms with Gasteiger partial charge in [-0.15, -0.1) is 0 Å². The molecule has 0 spiro atoms. The Morgan fingerprint density at radius 2 is 1.78 bits per heavy atom. The smallest absolute Gasteiger partial charge is 0.161 e. The van der Waals surface area contributed by atoms with Crippen LogP contribution in [0.1, 0.15) is 84.6 Å². The number of ether oxygens (including phenoxy) is 1. The van der Waals surface area contributed by atoms with Gasteiger partial charge < -0.3 is 21.3 Å². The second-order valence-corrected chi connectivity index (χ2v) is 7.08. The minimum atomic E-state index is -0.346. The summed E-state index contributed by atoms with van der Waals surface area (Å²) in [4.78, 5) is 17.7. The quantitative estimate of drug-likeness (QED) is 0.428. The second-order valence-electron chi connectivity index (χ2n) is 7.08. The fourth-order valence-corrected chi connectivity index (χ4v) is 3.53. The number of ketones is 1. The van der Waals surface area contributed by atoms with E-state index < -0.39 is 0 Å². The Bertz CT molecular complexity index is 782. The molecule has 0 saturated carbocycles. The van der Waals surface area contributed by atoms with E-state index in [-0.39, 0.29) is 11.7 Å². The van der Waals surface area contributed by atoms with E-state index in [0.29, 0.717) is 36.4 Å². The highest BCUT2D eigenvalue weighted by Crippen LogP contribution is 2.43. The minimum Gasteiger partial charge on any atom is -0.493 e. The van der Waals surface area contributed by atoms with Crippen molar-refractivity contribution in [3.8, 4) is 5.75 Å². The molecule has 1 aliphatic rings. The molecule has 2 rings (SSSR count). The third-order valence-electron chi connectivity index (χ3n) is 4.89. The molecule has 1 atom stereocenters. The summed E-state index contributed by atoms with van der Waals surface area (Å²) in [5.41, 5.74) is 15.3. The number of unbranched alkanes of at least 4 members (excludes halogenated alkanes) is 1. The first kappa shape index (κ1) is 29.4. The number of amidine groups is 1. The van der Waals surface area contributed by atoms with E-state index in [1.165, 1.54) is 6.20 Å². The van der Waals surface area contributed by atoms with E-state index in [1.807, 2.05) is 45.0 Å². The van der Waals surface area contributed by atoms with Gasteiger partial charge in [-0.3, -0.25) is 4.79 Å². The molecular weight excluding hydrogens is 402 g/mol. The van der Waals surface area contributed by atoms with E-state index in [2.05, 4.69) is 18.8 Å². The molecule has 0 amide bonds. The van der Waals surface area contributed by atoms with Crippen molar-refractivity contribution < 1.29 is 14.6 Å². The predicted octanol–water partition coefficient (Wildman–Crippen LogP) is 5.22. The largest absolute Gasteiger partial charge is 0.493 e. The summed E-state index contributed by atoms with van der Waals surface area (Å²) in [6.07, 6.45) is 6.36. The number of Topliss-reactive ketones (excluding diaryl/α,β-unsaturated/α-hetero) is 1. The molecule has 1 aromatic rings. The van der Waals surface area contributed by atoms with E-state index in [4.69, 9.17) is 21.3 Å². The Labute approximate surface area is 194 Å². The molecule has 0 aromatic heterocycles. The summed E-state index contributed by atoms with van der Waals surface area (Å²) < 4.78 is 6.06. The predicted molar refractivity (Wildman–Crippen MR) is 135 cm³/mol. The number of aliphatic hydroxyl groups is 1. The van der Waals surface area contributed by atoms with Crippen LogP contribution < -0.4 is 16.2 Å². The average Bonchev–Trinajstić information content (AvgIpc) is 2.82. The third kappa shape index (κ3) is 7.83. The number of carbonyl (C=O) groups is 1.